The maximum Gasteiger partial charge on any atom is 0.155 e. The Labute approximate surface area is 103 Å². The van der Waals surface area contributed by atoms with Gasteiger partial charge in [-0.25, -0.2) is 0 Å². The number of hydrogen-bond donors (Lipinski definition) is 1. The first-order chi connectivity index (χ1) is 7.82. The van der Waals surface area contributed by atoms with Gasteiger partial charge in [0.2, 0.25) is 0 Å². The maximum atomic E-state index is 5.94. The summed E-state index contributed by atoms with van der Waals surface area (Å²) in [5.41, 5.74) is 3.40. The number of hydrogen-bond acceptors (Lipinski definition) is 4. The molecule has 0 aliphatic carbocycles. The van der Waals surface area contributed by atoms with Crippen molar-refractivity contribution in [1.82, 2.24) is 5.53 Å². The molecule has 1 heterocycles. The van der Waals surface area contributed by atoms with Gasteiger partial charge in [-0.1, -0.05) is 35.6 Å². The molecule has 0 saturated heterocycles. The first kappa shape index (κ1) is 11.4. The van der Waals surface area contributed by atoms with Crippen LogP contribution in [0.3, 0.4) is 0 Å². The number of rotatable bonds is 3. The van der Waals surface area contributed by atoms with Crippen LogP contribution in [0.15, 0.2) is 45.8 Å². The third kappa shape index (κ3) is 1.90. The van der Waals surface area contributed by atoms with E-state index in [1.807, 2.05) is 30.3 Å². The molecule has 0 unspecified atom stereocenters. The number of nitrogens with zero attached hydrogens (tertiary/aromatic N) is 3. The zero-order valence-corrected chi connectivity index (χ0v) is 9.91. The van der Waals surface area contributed by atoms with E-state index in [4.69, 9.17) is 23.2 Å². The van der Waals surface area contributed by atoms with E-state index in [1.54, 1.807) is 0 Å². The van der Waals surface area contributed by atoms with Crippen LogP contribution in [-0.4, -0.2) is 23.0 Å². The minimum absolute atomic E-state index is 0.245. The molecule has 1 aromatic carbocycles. The predicted octanol–water partition coefficient (Wildman–Crippen LogP) is 2.58. The van der Waals surface area contributed by atoms with E-state index in [-0.39, 0.29) is 11.8 Å². The fourth-order valence-corrected chi connectivity index (χ4v) is 2.13. The lowest BCUT2D eigenvalue weighted by Gasteiger charge is -2.27. The van der Waals surface area contributed by atoms with Crippen LogP contribution in [0.1, 0.15) is 5.56 Å². The molecule has 0 aromatic heterocycles. The van der Waals surface area contributed by atoms with Crippen molar-refractivity contribution in [2.24, 2.45) is 15.4 Å². The molecule has 0 radical (unpaired) electrons. The fourth-order valence-electron chi connectivity index (χ4n) is 1.49. The smallest absolute Gasteiger partial charge is 0.155 e. The molecule has 1 N–H and O–H groups in total. The molecule has 84 valence electrons. The number of benzene rings is 1. The van der Waals surface area contributed by atoms with E-state index in [0.29, 0.717) is 5.71 Å². The lowest BCUT2D eigenvalue weighted by atomic mass is 9.92. The van der Waals surface area contributed by atoms with Gasteiger partial charge in [0.15, 0.2) is 5.54 Å². The molecule has 0 fully saturated rings. The first-order valence-corrected chi connectivity index (χ1v) is 5.82. The van der Waals surface area contributed by atoms with Crippen molar-refractivity contribution in [3.05, 3.63) is 35.9 Å². The van der Waals surface area contributed by atoms with Crippen LogP contribution < -0.4 is 5.53 Å². The van der Waals surface area contributed by atoms with E-state index in [1.165, 1.54) is 0 Å². The van der Waals surface area contributed by atoms with Gasteiger partial charge in [-0.2, -0.15) is 15.8 Å². The SMILES string of the molecule is ClCC1(CCl)N=NNN=C1c1ccccc1. The van der Waals surface area contributed by atoms with Crippen molar-refractivity contribution < 1.29 is 0 Å². The van der Waals surface area contributed by atoms with Crippen molar-refractivity contribution in [1.29, 1.82) is 0 Å². The summed E-state index contributed by atoms with van der Waals surface area (Å²) < 4.78 is 0. The Hall–Kier alpha value is -1.13. The molecule has 0 atom stereocenters. The molecular weight excluding hydrogens is 247 g/mol. The second kappa shape index (κ2) is 4.80. The largest absolute Gasteiger partial charge is 0.179 e. The molecular formula is C10H10Cl2N4. The Bertz CT molecular complexity index is 412. The zero-order chi connectivity index (χ0) is 11.4. The van der Waals surface area contributed by atoms with Gasteiger partial charge in [0, 0.05) is 5.56 Å². The van der Waals surface area contributed by atoms with E-state index >= 15 is 0 Å². The number of halogens is 2. The van der Waals surface area contributed by atoms with Crippen LogP contribution in [0, 0.1) is 0 Å². The molecule has 0 spiro atoms. The molecule has 0 bridgehead atoms. The van der Waals surface area contributed by atoms with Gasteiger partial charge >= 0.3 is 0 Å². The molecule has 0 saturated carbocycles. The fraction of sp³-hybridized carbons (Fsp3) is 0.300. The molecule has 4 nitrogen and oxygen atoms in total. The second-order valence-electron chi connectivity index (χ2n) is 3.43. The summed E-state index contributed by atoms with van der Waals surface area (Å²) in [6, 6.07) is 9.67. The maximum absolute atomic E-state index is 5.94. The molecule has 16 heavy (non-hydrogen) atoms. The standard InChI is InChI=1S/C10H10Cl2N4/c11-6-10(7-12)9(13-15-16-14-10)8-4-2-1-3-5-8/h1-5H,6-7H2,(H,14,15). The van der Waals surface area contributed by atoms with Gasteiger partial charge in [0.1, 0.15) is 5.71 Å². The van der Waals surface area contributed by atoms with Gasteiger partial charge in [0.25, 0.3) is 0 Å². The van der Waals surface area contributed by atoms with Crippen LogP contribution in [-0.2, 0) is 0 Å². The van der Waals surface area contributed by atoms with E-state index in [0.717, 1.165) is 5.56 Å². The predicted molar refractivity (Wildman–Crippen MR) is 65.1 cm³/mol. The second-order valence-corrected chi connectivity index (χ2v) is 3.96. The number of hydrazone groups is 1. The average molecular weight is 257 g/mol. The van der Waals surface area contributed by atoms with Crippen molar-refractivity contribution in [2.75, 3.05) is 11.8 Å². The average Bonchev–Trinajstić information content (AvgIpc) is 2.39. The van der Waals surface area contributed by atoms with Crippen LogP contribution in [0.4, 0.5) is 0 Å². The van der Waals surface area contributed by atoms with Crippen molar-refractivity contribution in [3.63, 3.8) is 0 Å². The van der Waals surface area contributed by atoms with Gasteiger partial charge in [-0.05, 0) is 0 Å². The highest BCUT2D eigenvalue weighted by Gasteiger charge is 2.37. The van der Waals surface area contributed by atoms with Gasteiger partial charge in [0.05, 0.1) is 11.8 Å². The van der Waals surface area contributed by atoms with E-state index < -0.39 is 5.54 Å². The summed E-state index contributed by atoms with van der Waals surface area (Å²) in [4.78, 5) is 0. The van der Waals surface area contributed by atoms with Crippen molar-refractivity contribution in [2.45, 2.75) is 5.54 Å². The van der Waals surface area contributed by atoms with Gasteiger partial charge in [-0.15, -0.1) is 23.2 Å². The monoisotopic (exact) mass is 256 g/mol. The highest BCUT2D eigenvalue weighted by atomic mass is 35.5. The normalized spacial score (nSPS) is 17.8. The number of alkyl halides is 2. The lowest BCUT2D eigenvalue weighted by molar-refractivity contribution is 0.563. The number of nitrogens with one attached hydrogen (secondary N) is 1. The molecule has 1 aliphatic heterocycles. The van der Waals surface area contributed by atoms with Crippen LogP contribution in [0.2, 0.25) is 0 Å². The van der Waals surface area contributed by atoms with Crippen molar-refractivity contribution in [3.8, 4) is 0 Å². The summed E-state index contributed by atoms with van der Waals surface area (Å²) in [7, 11) is 0. The summed E-state index contributed by atoms with van der Waals surface area (Å²) in [6.07, 6.45) is 0. The zero-order valence-electron chi connectivity index (χ0n) is 8.40. The molecule has 2 rings (SSSR count). The lowest BCUT2D eigenvalue weighted by Crippen LogP contribution is -2.44. The molecule has 6 heteroatoms. The summed E-state index contributed by atoms with van der Waals surface area (Å²) in [5.74, 6) is 0.491. The molecule has 1 aliphatic rings. The highest BCUT2D eigenvalue weighted by Crippen LogP contribution is 2.24. The first-order valence-electron chi connectivity index (χ1n) is 4.75. The summed E-state index contributed by atoms with van der Waals surface area (Å²) in [5, 5.41) is 11.9. The molecule has 1 aromatic rings. The van der Waals surface area contributed by atoms with E-state index in [2.05, 4.69) is 21.0 Å². The molecule has 0 amide bonds. The Morgan fingerprint density at radius 2 is 1.81 bits per heavy atom. The highest BCUT2D eigenvalue weighted by molar-refractivity contribution is 6.28. The third-order valence-electron chi connectivity index (χ3n) is 2.38. The quantitative estimate of drug-likeness (QED) is 0.831. The Kier molecular flexibility index (Phi) is 3.41. The van der Waals surface area contributed by atoms with Crippen LogP contribution >= 0.6 is 23.2 Å². The summed E-state index contributed by atoms with van der Waals surface area (Å²) >= 11 is 11.9. The van der Waals surface area contributed by atoms with E-state index in [9.17, 15) is 0 Å². The van der Waals surface area contributed by atoms with Crippen LogP contribution in [0.5, 0.6) is 0 Å². The Morgan fingerprint density at radius 3 is 2.44 bits per heavy atom. The van der Waals surface area contributed by atoms with Crippen LogP contribution in [0.25, 0.3) is 0 Å². The Morgan fingerprint density at radius 1 is 1.12 bits per heavy atom. The summed E-state index contributed by atoms with van der Waals surface area (Å²) in [6.45, 7) is 0. The minimum atomic E-state index is -0.740. The third-order valence-corrected chi connectivity index (χ3v) is 3.26. The van der Waals surface area contributed by atoms with Gasteiger partial charge in [-0.3, -0.25) is 0 Å². The minimum Gasteiger partial charge on any atom is -0.179 e. The Balaban J connectivity index is 2.43. The van der Waals surface area contributed by atoms with Gasteiger partial charge < -0.3 is 0 Å². The van der Waals surface area contributed by atoms with Crippen molar-refractivity contribution >= 4 is 28.9 Å². The topological polar surface area (TPSA) is 49.1 Å².